The standard InChI is InChI=1S/C56H35N3.C42H25N5/c1-3-13-36(14-4-1)42-26-29-51-50(33-42)55(44-24-23-38-17-7-8-18-39(38)31-44)58-56(57-51)48-28-30-52(46-22-12-11-21-45(46)48)59-53-35-43(37-15-5-2-6-16-37)25-27-47(53)49-32-40-19-9-10-20-41(40)34-54(49)59;43-26-31-23-32(20-21-34(31)42-45-36-18-10-22-44-41(36)40(46-42)28-13-5-2-6-14-28)47-37-19-9-17-33(27-11-3-1-4-12-27)39(37)35-24-29-15-7-8-16-30(29)25-38(35)47/h1-35H;1-25H/i1D,3D,4D,13D,14D;2D,5D,6D,13D,14D. The molecule has 8 nitrogen and oxygen atoms in total. The number of rotatable bonds is 9. The minimum atomic E-state index is -0.499. The summed E-state index contributed by atoms with van der Waals surface area (Å²) in [6, 6.07) is 99.8. The fourth-order valence-corrected chi connectivity index (χ4v) is 15.3. The van der Waals surface area contributed by atoms with Gasteiger partial charge in [-0.25, -0.2) is 19.9 Å². The molecule has 0 atom stereocenters. The summed E-state index contributed by atoms with van der Waals surface area (Å²) in [4.78, 5) is 24.5. The Bertz CT molecular complexity index is 7760. The molecule has 0 aliphatic rings. The van der Waals surface area contributed by atoms with Crippen molar-refractivity contribution < 1.29 is 13.7 Å². The van der Waals surface area contributed by atoms with Crippen molar-refractivity contribution in [1.29, 1.82) is 5.26 Å². The van der Waals surface area contributed by atoms with Crippen molar-refractivity contribution in [3.05, 3.63) is 369 Å². The van der Waals surface area contributed by atoms with E-state index in [0.717, 1.165) is 110 Å². The summed E-state index contributed by atoms with van der Waals surface area (Å²) in [6.45, 7) is 0. The van der Waals surface area contributed by atoms with E-state index in [0.29, 0.717) is 44.6 Å². The van der Waals surface area contributed by atoms with Gasteiger partial charge in [0.05, 0.1) is 69.8 Å². The molecule has 106 heavy (non-hydrogen) atoms. The van der Waals surface area contributed by atoms with Crippen molar-refractivity contribution >= 4 is 109 Å². The van der Waals surface area contributed by atoms with Crippen LogP contribution in [0.1, 0.15) is 19.3 Å². The second kappa shape index (κ2) is 25.5. The minimum Gasteiger partial charge on any atom is -0.309 e. The zero-order chi connectivity index (χ0) is 78.9. The van der Waals surface area contributed by atoms with Gasteiger partial charge in [-0.2, -0.15) is 5.26 Å². The fourth-order valence-electron chi connectivity index (χ4n) is 15.3. The molecule has 0 saturated heterocycles. The molecule has 21 rings (SSSR count). The third kappa shape index (κ3) is 10.6. The van der Waals surface area contributed by atoms with Gasteiger partial charge in [0.15, 0.2) is 11.6 Å². The molecule has 16 aromatic carbocycles. The summed E-state index contributed by atoms with van der Waals surface area (Å²) in [5.41, 5.74) is 15.7. The average Bonchev–Trinajstić information content (AvgIpc) is 1.59. The van der Waals surface area contributed by atoms with Crippen LogP contribution >= 0.6 is 0 Å². The number of pyridine rings is 1. The van der Waals surface area contributed by atoms with Gasteiger partial charge >= 0.3 is 0 Å². The van der Waals surface area contributed by atoms with Crippen LogP contribution in [0.3, 0.4) is 0 Å². The highest BCUT2D eigenvalue weighted by molar-refractivity contribution is 6.19. The predicted octanol–water partition coefficient (Wildman–Crippen LogP) is 25.0. The lowest BCUT2D eigenvalue weighted by molar-refractivity contribution is 1.17. The van der Waals surface area contributed by atoms with E-state index in [-0.39, 0.29) is 52.3 Å². The van der Waals surface area contributed by atoms with Crippen LogP contribution in [0, 0.1) is 11.3 Å². The molecule has 0 N–H and O–H groups in total. The number of fused-ring (bicyclic) bond motifs is 12. The first-order valence-electron chi connectivity index (χ1n) is 39.8. The van der Waals surface area contributed by atoms with Crippen molar-refractivity contribution in [3.63, 3.8) is 0 Å². The molecule has 5 aromatic heterocycles. The molecule has 0 bridgehead atoms. The summed E-state index contributed by atoms with van der Waals surface area (Å²) >= 11 is 0. The number of aromatic nitrogens is 7. The molecule has 0 fully saturated rings. The third-order valence-corrected chi connectivity index (χ3v) is 20.2. The van der Waals surface area contributed by atoms with Crippen LogP contribution in [0.15, 0.2) is 364 Å². The maximum atomic E-state index is 10.6. The van der Waals surface area contributed by atoms with Crippen LogP contribution in [0.4, 0.5) is 0 Å². The van der Waals surface area contributed by atoms with Gasteiger partial charge in [-0.05, 0) is 168 Å². The minimum absolute atomic E-state index is 0.0831. The second-order valence-electron chi connectivity index (χ2n) is 26.2. The van der Waals surface area contributed by atoms with Crippen molar-refractivity contribution in [1.82, 2.24) is 34.1 Å². The van der Waals surface area contributed by atoms with E-state index in [1.54, 1.807) is 24.3 Å². The van der Waals surface area contributed by atoms with Crippen molar-refractivity contribution in [2.24, 2.45) is 0 Å². The van der Waals surface area contributed by atoms with E-state index in [1.165, 1.54) is 27.7 Å². The lowest BCUT2D eigenvalue weighted by Gasteiger charge is -2.16. The van der Waals surface area contributed by atoms with Crippen LogP contribution < -0.4 is 0 Å². The molecular weight excluding hydrogens is 1290 g/mol. The van der Waals surface area contributed by atoms with Crippen LogP contribution in [0.2, 0.25) is 0 Å². The Labute approximate surface area is 624 Å². The van der Waals surface area contributed by atoms with E-state index in [2.05, 4.69) is 220 Å². The van der Waals surface area contributed by atoms with Gasteiger partial charge < -0.3 is 9.13 Å². The molecule has 492 valence electrons. The van der Waals surface area contributed by atoms with Gasteiger partial charge in [-0.1, -0.05) is 261 Å². The summed E-state index contributed by atoms with van der Waals surface area (Å²) in [6.07, 6.45) is 1.54. The van der Waals surface area contributed by atoms with Crippen molar-refractivity contribution in [3.8, 4) is 96.1 Å². The summed E-state index contributed by atoms with van der Waals surface area (Å²) in [5.74, 6) is 0.721. The molecule has 0 radical (unpaired) electrons. The lowest BCUT2D eigenvalue weighted by Crippen LogP contribution is -2.00. The Hall–Kier alpha value is -14.5. The van der Waals surface area contributed by atoms with Gasteiger partial charge in [0, 0.05) is 66.5 Å². The lowest BCUT2D eigenvalue weighted by atomic mass is 9.97. The van der Waals surface area contributed by atoms with Gasteiger partial charge in [-0.3, -0.25) is 4.98 Å². The first-order valence-corrected chi connectivity index (χ1v) is 34.8. The largest absolute Gasteiger partial charge is 0.309 e. The molecule has 8 heteroatoms. The Morgan fingerprint density at radius 2 is 0.887 bits per heavy atom. The highest BCUT2D eigenvalue weighted by atomic mass is 15.0. The third-order valence-electron chi connectivity index (χ3n) is 20.2. The molecule has 0 spiro atoms. The summed E-state index contributed by atoms with van der Waals surface area (Å²) in [5, 5.41) is 24.6. The number of benzene rings is 16. The van der Waals surface area contributed by atoms with Crippen LogP contribution in [-0.2, 0) is 0 Å². The molecule has 0 unspecified atom stereocenters. The van der Waals surface area contributed by atoms with E-state index in [1.807, 2.05) is 72.8 Å². The van der Waals surface area contributed by atoms with Gasteiger partial charge in [0.1, 0.15) is 11.2 Å². The average molecular weight is 1360 g/mol. The Morgan fingerprint density at radius 3 is 1.63 bits per heavy atom. The zero-order valence-corrected chi connectivity index (χ0v) is 56.4. The van der Waals surface area contributed by atoms with Crippen LogP contribution in [0.25, 0.3) is 199 Å². The first-order chi connectivity index (χ1) is 56.6. The molecular formula is C98H60N8. The van der Waals surface area contributed by atoms with E-state index >= 15 is 0 Å². The molecule has 0 aliphatic heterocycles. The second-order valence-corrected chi connectivity index (χ2v) is 26.2. The van der Waals surface area contributed by atoms with E-state index in [4.69, 9.17) is 33.6 Å². The SMILES string of the molecule is [2H]c1c([2H])c([2H])c(-c2ccc3nc(-c4ccc(-n5c6cc(-c7ccccc7)ccc6c6cc7ccccc7cc65)c5ccccc45)nc(-c4ccc5ccccc5c4)c3c2)c([2H])c1[2H].[2H]c1c([2H])c([2H])c(-c2nc(-c3ccc(-n4c5cc6ccccc6cc5c5c(-c6ccccc6)cccc54)cc3C#N)nc3cccnc23)c([2H])c1[2H]. The predicted molar refractivity (Wildman–Crippen MR) is 438 cm³/mol. The van der Waals surface area contributed by atoms with Crippen molar-refractivity contribution in [2.45, 2.75) is 0 Å². The smallest absolute Gasteiger partial charge is 0.161 e. The highest BCUT2D eigenvalue weighted by Gasteiger charge is 2.24. The van der Waals surface area contributed by atoms with Crippen LogP contribution in [0.5, 0.6) is 0 Å². The maximum absolute atomic E-state index is 10.6. The van der Waals surface area contributed by atoms with Gasteiger partial charge in [-0.15, -0.1) is 0 Å². The molecule has 0 saturated carbocycles. The molecule has 21 aromatic rings. The summed E-state index contributed by atoms with van der Waals surface area (Å²) < 4.78 is 88.9. The van der Waals surface area contributed by atoms with Gasteiger partial charge in [0.2, 0.25) is 0 Å². The number of nitrogens with zero attached hydrogens (tertiary/aromatic N) is 8. The normalized spacial score (nSPS) is 12.9. The van der Waals surface area contributed by atoms with E-state index < -0.39 is 36.3 Å². The quantitative estimate of drug-likeness (QED) is 0.143. The topological polar surface area (TPSA) is 98.1 Å². The van der Waals surface area contributed by atoms with Crippen LogP contribution in [-0.4, -0.2) is 34.1 Å². The molecule has 0 amide bonds. The zero-order valence-electron chi connectivity index (χ0n) is 66.4. The molecule has 5 heterocycles. The molecule has 0 aliphatic carbocycles. The highest BCUT2D eigenvalue weighted by Crippen LogP contribution is 2.45. The number of hydrogen-bond donors (Lipinski definition) is 0. The van der Waals surface area contributed by atoms with Gasteiger partial charge in [0.25, 0.3) is 0 Å². The first kappa shape index (κ1) is 51.6. The number of nitriles is 1. The Balaban J connectivity index is 0.000000153. The maximum Gasteiger partial charge on any atom is 0.161 e. The Kier molecular flexibility index (Phi) is 12.4. The Morgan fingerprint density at radius 1 is 0.302 bits per heavy atom. The fraction of sp³-hybridized carbons (Fsp3) is 0. The monoisotopic (exact) mass is 1360 g/mol. The van der Waals surface area contributed by atoms with Crippen molar-refractivity contribution in [2.75, 3.05) is 0 Å². The van der Waals surface area contributed by atoms with E-state index in [9.17, 15) is 5.26 Å². The number of hydrogen-bond acceptors (Lipinski definition) is 6. The summed E-state index contributed by atoms with van der Waals surface area (Å²) in [7, 11) is 0.